The molecule has 2 fully saturated rings. The Labute approximate surface area is 116 Å². The Morgan fingerprint density at radius 1 is 1.42 bits per heavy atom. The van der Waals surface area contributed by atoms with Crippen LogP contribution in [0.4, 0.5) is 0 Å². The van der Waals surface area contributed by atoms with Gasteiger partial charge in [0, 0.05) is 18.1 Å². The molecule has 0 spiro atoms. The lowest BCUT2D eigenvalue weighted by Crippen LogP contribution is -2.52. The van der Waals surface area contributed by atoms with Crippen LogP contribution < -0.4 is 5.73 Å². The van der Waals surface area contributed by atoms with Gasteiger partial charge in [0.15, 0.2) is 0 Å². The van der Waals surface area contributed by atoms with Crippen LogP contribution in [0.25, 0.3) is 0 Å². The molecular formula is C16H26N2O. The molecule has 106 valence electrons. The highest BCUT2D eigenvalue weighted by Crippen LogP contribution is 2.45. The third-order valence-electron chi connectivity index (χ3n) is 5.15. The summed E-state index contributed by atoms with van der Waals surface area (Å²) in [5.41, 5.74) is 6.44. The Morgan fingerprint density at radius 2 is 2.26 bits per heavy atom. The van der Waals surface area contributed by atoms with E-state index >= 15 is 0 Å². The molecule has 0 aromatic carbocycles. The first-order valence-corrected chi connectivity index (χ1v) is 7.76. The molecule has 0 aliphatic heterocycles. The van der Waals surface area contributed by atoms with Crippen LogP contribution in [0.3, 0.4) is 0 Å². The van der Waals surface area contributed by atoms with E-state index in [1.54, 1.807) is 6.26 Å². The summed E-state index contributed by atoms with van der Waals surface area (Å²) in [4.78, 5) is 2.67. The SMILES string of the molecule is CCC1CCC(CN)(N(Cc2ccco2)C2CC2)C1. The first-order valence-electron chi connectivity index (χ1n) is 7.76. The molecule has 1 aromatic rings. The first kappa shape index (κ1) is 13.2. The van der Waals surface area contributed by atoms with Gasteiger partial charge in [0.1, 0.15) is 5.76 Å². The van der Waals surface area contributed by atoms with Crippen molar-refractivity contribution in [1.29, 1.82) is 0 Å². The van der Waals surface area contributed by atoms with Crippen molar-refractivity contribution >= 4 is 0 Å². The predicted octanol–water partition coefficient (Wildman–Crippen LogP) is 3.15. The molecule has 3 nitrogen and oxygen atoms in total. The molecule has 3 rings (SSSR count). The van der Waals surface area contributed by atoms with E-state index < -0.39 is 0 Å². The van der Waals surface area contributed by atoms with Crippen LogP contribution in [0.2, 0.25) is 0 Å². The molecule has 0 amide bonds. The number of nitrogens with two attached hydrogens (primary N) is 1. The number of nitrogens with zero attached hydrogens (tertiary/aromatic N) is 1. The molecule has 2 saturated carbocycles. The molecule has 2 aliphatic rings. The van der Waals surface area contributed by atoms with Gasteiger partial charge in [-0.3, -0.25) is 4.90 Å². The number of hydrogen-bond acceptors (Lipinski definition) is 3. The molecule has 1 aromatic heterocycles. The fourth-order valence-corrected chi connectivity index (χ4v) is 3.77. The third kappa shape index (κ3) is 2.59. The maximum absolute atomic E-state index is 6.21. The minimum Gasteiger partial charge on any atom is -0.468 e. The van der Waals surface area contributed by atoms with Crippen LogP contribution in [0, 0.1) is 5.92 Å². The molecular weight excluding hydrogens is 236 g/mol. The van der Waals surface area contributed by atoms with Crippen LogP contribution in [-0.4, -0.2) is 23.0 Å². The van der Waals surface area contributed by atoms with Crippen molar-refractivity contribution in [1.82, 2.24) is 4.90 Å². The summed E-state index contributed by atoms with van der Waals surface area (Å²) in [5, 5.41) is 0. The number of furan rings is 1. The number of rotatable bonds is 6. The molecule has 3 heteroatoms. The third-order valence-corrected chi connectivity index (χ3v) is 5.15. The van der Waals surface area contributed by atoms with E-state index in [0.29, 0.717) is 0 Å². The van der Waals surface area contributed by atoms with Crippen molar-refractivity contribution in [3.8, 4) is 0 Å². The Balaban J connectivity index is 1.78. The molecule has 1 heterocycles. The Bertz CT molecular complexity index is 399. The molecule has 0 bridgehead atoms. The molecule has 19 heavy (non-hydrogen) atoms. The first-order chi connectivity index (χ1) is 9.27. The zero-order chi connectivity index (χ0) is 13.3. The van der Waals surface area contributed by atoms with E-state index in [0.717, 1.165) is 30.8 Å². The largest absolute Gasteiger partial charge is 0.468 e. The second-order valence-electron chi connectivity index (χ2n) is 6.38. The summed E-state index contributed by atoms with van der Waals surface area (Å²) < 4.78 is 5.56. The van der Waals surface area contributed by atoms with E-state index in [-0.39, 0.29) is 5.54 Å². The van der Waals surface area contributed by atoms with E-state index in [9.17, 15) is 0 Å². The van der Waals surface area contributed by atoms with Crippen LogP contribution in [0.5, 0.6) is 0 Å². The fraction of sp³-hybridized carbons (Fsp3) is 0.750. The maximum atomic E-state index is 6.21. The van der Waals surface area contributed by atoms with E-state index in [4.69, 9.17) is 10.2 Å². The van der Waals surface area contributed by atoms with Crippen molar-refractivity contribution in [2.75, 3.05) is 6.54 Å². The lowest BCUT2D eigenvalue weighted by molar-refractivity contribution is 0.0698. The van der Waals surface area contributed by atoms with Crippen LogP contribution in [0.1, 0.15) is 51.2 Å². The second kappa shape index (κ2) is 5.29. The van der Waals surface area contributed by atoms with Gasteiger partial charge in [0.05, 0.1) is 12.8 Å². The summed E-state index contributed by atoms with van der Waals surface area (Å²) in [6.45, 7) is 4.04. The number of hydrogen-bond donors (Lipinski definition) is 1. The molecule has 2 aliphatic carbocycles. The Hall–Kier alpha value is -0.800. The summed E-state index contributed by atoms with van der Waals surface area (Å²) in [6.07, 6.45) is 9.62. The highest BCUT2D eigenvalue weighted by molar-refractivity contribution is 5.07. The van der Waals surface area contributed by atoms with Gasteiger partial charge in [-0.25, -0.2) is 0 Å². The second-order valence-corrected chi connectivity index (χ2v) is 6.38. The lowest BCUT2D eigenvalue weighted by Gasteiger charge is -2.41. The highest BCUT2D eigenvalue weighted by atomic mass is 16.3. The molecule has 0 radical (unpaired) electrons. The zero-order valence-corrected chi connectivity index (χ0v) is 12.0. The summed E-state index contributed by atoms with van der Waals surface area (Å²) in [7, 11) is 0. The summed E-state index contributed by atoms with van der Waals surface area (Å²) in [5.74, 6) is 1.95. The van der Waals surface area contributed by atoms with E-state index in [1.807, 2.05) is 6.07 Å². The van der Waals surface area contributed by atoms with Gasteiger partial charge >= 0.3 is 0 Å². The van der Waals surface area contributed by atoms with Gasteiger partial charge in [0.25, 0.3) is 0 Å². The van der Waals surface area contributed by atoms with Crippen LogP contribution in [0.15, 0.2) is 22.8 Å². The van der Waals surface area contributed by atoms with Gasteiger partial charge in [-0.2, -0.15) is 0 Å². The van der Waals surface area contributed by atoms with Crippen molar-refractivity contribution in [2.24, 2.45) is 11.7 Å². The average molecular weight is 262 g/mol. The van der Waals surface area contributed by atoms with Crippen molar-refractivity contribution in [3.63, 3.8) is 0 Å². The van der Waals surface area contributed by atoms with Crippen LogP contribution >= 0.6 is 0 Å². The monoisotopic (exact) mass is 262 g/mol. The van der Waals surface area contributed by atoms with Crippen molar-refractivity contribution in [2.45, 2.75) is 63.6 Å². The Morgan fingerprint density at radius 3 is 2.79 bits per heavy atom. The fourth-order valence-electron chi connectivity index (χ4n) is 3.77. The molecule has 2 N–H and O–H groups in total. The smallest absolute Gasteiger partial charge is 0.117 e. The molecule has 2 unspecified atom stereocenters. The topological polar surface area (TPSA) is 42.4 Å². The van der Waals surface area contributed by atoms with Crippen molar-refractivity contribution in [3.05, 3.63) is 24.2 Å². The quantitative estimate of drug-likeness (QED) is 0.856. The van der Waals surface area contributed by atoms with Crippen LogP contribution in [-0.2, 0) is 6.54 Å². The minimum atomic E-state index is 0.231. The van der Waals surface area contributed by atoms with E-state index in [2.05, 4.69) is 17.9 Å². The van der Waals surface area contributed by atoms with Gasteiger partial charge in [-0.1, -0.05) is 13.3 Å². The highest BCUT2D eigenvalue weighted by Gasteiger charge is 2.47. The Kier molecular flexibility index (Phi) is 3.68. The predicted molar refractivity (Wildman–Crippen MR) is 76.7 cm³/mol. The van der Waals surface area contributed by atoms with Gasteiger partial charge in [0.2, 0.25) is 0 Å². The average Bonchev–Trinajstić information content (AvgIpc) is 2.99. The molecule has 0 saturated heterocycles. The summed E-state index contributed by atoms with van der Waals surface area (Å²) >= 11 is 0. The van der Waals surface area contributed by atoms with E-state index in [1.165, 1.54) is 38.5 Å². The molecule has 2 atom stereocenters. The zero-order valence-electron chi connectivity index (χ0n) is 12.0. The van der Waals surface area contributed by atoms with Gasteiger partial charge in [-0.15, -0.1) is 0 Å². The normalized spacial score (nSPS) is 31.2. The standard InChI is InChI=1S/C16H26N2O/c1-2-13-7-8-16(10-13,12-17)18(14-5-6-14)11-15-4-3-9-19-15/h3-4,9,13-14H,2,5-8,10-12,17H2,1H3. The summed E-state index contributed by atoms with van der Waals surface area (Å²) in [6, 6.07) is 4.81. The van der Waals surface area contributed by atoms with Crippen molar-refractivity contribution < 1.29 is 4.42 Å². The minimum absolute atomic E-state index is 0.231. The van der Waals surface area contributed by atoms with Gasteiger partial charge in [-0.05, 0) is 50.2 Å². The lowest BCUT2D eigenvalue weighted by atomic mass is 9.92. The van der Waals surface area contributed by atoms with Gasteiger partial charge < -0.3 is 10.2 Å². The maximum Gasteiger partial charge on any atom is 0.117 e.